The number of methoxy groups -OCH3 is 1. The van der Waals surface area contributed by atoms with Crippen LogP contribution in [0.3, 0.4) is 0 Å². The number of aromatic nitrogens is 2. The first-order chi connectivity index (χ1) is 12.5. The predicted molar refractivity (Wildman–Crippen MR) is 93.1 cm³/mol. The van der Waals surface area contributed by atoms with Gasteiger partial charge in [0.05, 0.1) is 32.2 Å². The van der Waals surface area contributed by atoms with E-state index in [-0.39, 0.29) is 18.6 Å². The number of amides is 2. The third-order valence-corrected chi connectivity index (χ3v) is 3.47. The smallest absolute Gasteiger partial charge is 0.472 e. The molecule has 0 aliphatic rings. The topological polar surface area (TPSA) is 134 Å². The Labute approximate surface area is 150 Å². The SMILES string of the molecule is COc1cccc(C(CC(=O)NCB(O)O)NC(=O)c2cnccn2)c1. The third kappa shape index (κ3) is 5.83. The standard InChI is InChI=1S/C16H19BN4O5/c1-26-12-4-2-3-11(7-12)13(8-15(22)20-10-17(24)25)21-16(23)14-9-18-5-6-19-14/h2-7,9,13,24-25H,8,10H2,1H3,(H,20,22)(H,21,23). The fraction of sp³-hybridized carbons (Fsp3) is 0.250. The Morgan fingerprint density at radius 3 is 2.77 bits per heavy atom. The van der Waals surface area contributed by atoms with Gasteiger partial charge in [-0.2, -0.15) is 0 Å². The second-order valence-corrected chi connectivity index (χ2v) is 5.38. The second kappa shape index (κ2) is 9.49. The summed E-state index contributed by atoms with van der Waals surface area (Å²) in [4.78, 5) is 32.2. The molecule has 2 rings (SSSR count). The molecule has 0 saturated heterocycles. The van der Waals surface area contributed by atoms with Gasteiger partial charge < -0.3 is 25.4 Å². The molecule has 0 fully saturated rings. The van der Waals surface area contributed by atoms with E-state index in [0.717, 1.165) is 0 Å². The van der Waals surface area contributed by atoms with Crippen LogP contribution in [0, 0.1) is 0 Å². The van der Waals surface area contributed by atoms with Crippen LogP contribution in [0.5, 0.6) is 5.75 Å². The van der Waals surface area contributed by atoms with Crippen molar-refractivity contribution in [3.63, 3.8) is 0 Å². The lowest BCUT2D eigenvalue weighted by molar-refractivity contribution is -0.121. The minimum absolute atomic E-state index is 0.105. The molecular weight excluding hydrogens is 339 g/mol. The van der Waals surface area contributed by atoms with Crippen LogP contribution < -0.4 is 15.4 Å². The number of ether oxygens (including phenoxy) is 1. The fourth-order valence-corrected chi connectivity index (χ4v) is 2.22. The summed E-state index contributed by atoms with van der Waals surface area (Å²) in [7, 11) is -0.134. The highest BCUT2D eigenvalue weighted by Crippen LogP contribution is 2.22. The van der Waals surface area contributed by atoms with Crippen molar-refractivity contribution in [2.75, 3.05) is 13.6 Å². The molecule has 0 radical (unpaired) electrons. The average Bonchev–Trinajstić information content (AvgIpc) is 2.66. The zero-order valence-electron chi connectivity index (χ0n) is 14.1. The molecule has 2 amide bonds. The molecule has 10 heteroatoms. The van der Waals surface area contributed by atoms with Crippen molar-refractivity contribution in [1.82, 2.24) is 20.6 Å². The van der Waals surface area contributed by atoms with Crippen LogP contribution in [0.25, 0.3) is 0 Å². The van der Waals surface area contributed by atoms with Crippen molar-refractivity contribution in [2.45, 2.75) is 12.5 Å². The maximum Gasteiger partial charge on any atom is 0.472 e. The first-order valence-corrected chi connectivity index (χ1v) is 7.83. The van der Waals surface area contributed by atoms with Gasteiger partial charge in [0.25, 0.3) is 5.91 Å². The highest BCUT2D eigenvalue weighted by molar-refractivity contribution is 6.41. The molecule has 0 saturated carbocycles. The Morgan fingerprint density at radius 1 is 1.31 bits per heavy atom. The number of nitrogens with one attached hydrogen (secondary N) is 2. The van der Waals surface area contributed by atoms with Crippen LogP contribution in [0.2, 0.25) is 0 Å². The van der Waals surface area contributed by atoms with Gasteiger partial charge >= 0.3 is 7.12 Å². The van der Waals surface area contributed by atoms with Gasteiger partial charge in [-0.15, -0.1) is 0 Å². The molecule has 1 aromatic heterocycles. The summed E-state index contributed by atoms with van der Waals surface area (Å²) in [6, 6.07) is 6.27. The van der Waals surface area contributed by atoms with Crippen molar-refractivity contribution in [2.24, 2.45) is 0 Å². The molecule has 1 atom stereocenters. The minimum Gasteiger partial charge on any atom is -0.497 e. The lowest BCUT2D eigenvalue weighted by Gasteiger charge is -2.19. The van der Waals surface area contributed by atoms with Crippen LogP contribution in [-0.2, 0) is 4.79 Å². The lowest BCUT2D eigenvalue weighted by Crippen LogP contribution is -2.38. The van der Waals surface area contributed by atoms with Crippen molar-refractivity contribution >= 4 is 18.9 Å². The molecule has 26 heavy (non-hydrogen) atoms. The first-order valence-electron chi connectivity index (χ1n) is 7.83. The van der Waals surface area contributed by atoms with Crippen molar-refractivity contribution in [1.29, 1.82) is 0 Å². The summed E-state index contributed by atoms with van der Waals surface area (Å²) >= 11 is 0. The number of hydrogen-bond donors (Lipinski definition) is 4. The molecule has 136 valence electrons. The van der Waals surface area contributed by atoms with Crippen LogP contribution in [0.4, 0.5) is 0 Å². The Balaban J connectivity index is 2.17. The third-order valence-electron chi connectivity index (χ3n) is 3.47. The van der Waals surface area contributed by atoms with E-state index >= 15 is 0 Å². The molecule has 1 unspecified atom stereocenters. The largest absolute Gasteiger partial charge is 0.497 e. The van der Waals surface area contributed by atoms with E-state index in [2.05, 4.69) is 20.6 Å². The Kier molecular flexibility index (Phi) is 7.07. The van der Waals surface area contributed by atoms with E-state index in [9.17, 15) is 9.59 Å². The molecule has 0 spiro atoms. The number of benzene rings is 1. The Hall–Kier alpha value is -2.98. The van der Waals surface area contributed by atoms with Crippen LogP contribution in [0.1, 0.15) is 28.5 Å². The predicted octanol–water partition coefficient (Wildman–Crippen LogP) is -0.525. The summed E-state index contributed by atoms with van der Waals surface area (Å²) in [5.74, 6) is -0.362. The summed E-state index contributed by atoms with van der Waals surface area (Å²) in [5.41, 5.74) is 0.771. The van der Waals surface area contributed by atoms with Gasteiger partial charge in [0, 0.05) is 12.4 Å². The van der Waals surface area contributed by atoms with E-state index in [1.54, 1.807) is 24.3 Å². The monoisotopic (exact) mass is 358 g/mol. The summed E-state index contributed by atoms with van der Waals surface area (Å²) in [6.07, 6.45) is 3.75. The first kappa shape index (κ1) is 19.4. The van der Waals surface area contributed by atoms with Crippen LogP contribution in [-0.4, -0.2) is 52.5 Å². The van der Waals surface area contributed by atoms with Gasteiger partial charge in [0.1, 0.15) is 11.4 Å². The van der Waals surface area contributed by atoms with Gasteiger partial charge in [-0.25, -0.2) is 4.98 Å². The minimum atomic E-state index is -1.65. The number of hydrogen-bond acceptors (Lipinski definition) is 7. The van der Waals surface area contributed by atoms with E-state index < -0.39 is 25.0 Å². The zero-order chi connectivity index (χ0) is 18.9. The maximum absolute atomic E-state index is 12.4. The summed E-state index contributed by atoms with van der Waals surface area (Å²) in [6.45, 7) is 0. The molecule has 1 heterocycles. The van der Waals surface area contributed by atoms with E-state index in [4.69, 9.17) is 14.8 Å². The average molecular weight is 358 g/mol. The molecule has 0 aliphatic carbocycles. The number of carbonyl (C=O) groups excluding carboxylic acids is 2. The van der Waals surface area contributed by atoms with Gasteiger partial charge in [0.15, 0.2) is 0 Å². The highest BCUT2D eigenvalue weighted by atomic mass is 16.5. The van der Waals surface area contributed by atoms with E-state index in [1.165, 1.54) is 25.7 Å². The maximum atomic E-state index is 12.4. The van der Waals surface area contributed by atoms with Gasteiger partial charge in [-0.05, 0) is 17.7 Å². The van der Waals surface area contributed by atoms with Gasteiger partial charge in [0.2, 0.25) is 5.91 Å². The quantitative estimate of drug-likeness (QED) is 0.466. The summed E-state index contributed by atoms with van der Waals surface area (Å²) < 4.78 is 5.18. The molecule has 0 bridgehead atoms. The van der Waals surface area contributed by atoms with E-state index in [1.807, 2.05) is 0 Å². The lowest BCUT2D eigenvalue weighted by atomic mass is 9.92. The Morgan fingerprint density at radius 2 is 2.12 bits per heavy atom. The zero-order valence-corrected chi connectivity index (χ0v) is 14.1. The molecule has 9 nitrogen and oxygen atoms in total. The molecule has 1 aromatic carbocycles. The molecular formula is C16H19BN4O5. The highest BCUT2D eigenvalue weighted by Gasteiger charge is 2.21. The molecule has 0 aliphatic heterocycles. The van der Waals surface area contributed by atoms with E-state index in [0.29, 0.717) is 11.3 Å². The number of rotatable bonds is 8. The number of carbonyl (C=O) groups is 2. The van der Waals surface area contributed by atoms with Crippen molar-refractivity contribution in [3.8, 4) is 5.75 Å². The van der Waals surface area contributed by atoms with Crippen molar-refractivity contribution in [3.05, 3.63) is 54.1 Å². The van der Waals surface area contributed by atoms with Gasteiger partial charge in [-0.3, -0.25) is 14.6 Å². The Bertz CT molecular complexity index is 744. The van der Waals surface area contributed by atoms with Gasteiger partial charge in [-0.1, -0.05) is 12.1 Å². The normalized spacial score (nSPS) is 11.3. The number of nitrogens with zero attached hydrogens (tertiary/aromatic N) is 2. The van der Waals surface area contributed by atoms with Crippen molar-refractivity contribution < 1.29 is 24.4 Å². The van der Waals surface area contributed by atoms with Crippen LogP contribution >= 0.6 is 0 Å². The molecule has 2 aromatic rings. The fourth-order valence-electron chi connectivity index (χ4n) is 2.22. The second-order valence-electron chi connectivity index (χ2n) is 5.38. The van der Waals surface area contributed by atoms with Crippen LogP contribution in [0.15, 0.2) is 42.9 Å². The molecule has 4 N–H and O–H groups in total. The summed E-state index contributed by atoms with van der Waals surface area (Å²) in [5, 5.41) is 22.8.